The second-order valence-electron chi connectivity index (χ2n) is 8.98. The lowest BCUT2D eigenvalue weighted by molar-refractivity contribution is -0.139. The molecule has 0 fully saturated rings. The van der Waals surface area contributed by atoms with Crippen LogP contribution in [0.15, 0.2) is 54.6 Å². The highest BCUT2D eigenvalue weighted by Crippen LogP contribution is 2.48. The molecular weight excluding hydrogens is 346 g/mol. The Bertz CT molecular complexity index is 809. The van der Waals surface area contributed by atoms with Crippen molar-refractivity contribution in [3.8, 4) is 0 Å². The topological polar surface area (TPSA) is 29.5 Å². The molecule has 0 N–H and O–H groups in total. The molecule has 2 atom stereocenters. The third-order valence-corrected chi connectivity index (χ3v) is 5.39. The van der Waals surface area contributed by atoms with Gasteiger partial charge in [0.25, 0.3) is 5.91 Å². The summed E-state index contributed by atoms with van der Waals surface area (Å²) in [5, 5.41) is 0. The molecule has 2 unspecified atom stereocenters. The monoisotopic (exact) mass is 379 g/mol. The van der Waals surface area contributed by atoms with Crippen molar-refractivity contribution in [3.63, 3.8) is 0 Å². The van der Waals surface area contributed by atoms with Gasteiger partial charge in [-0.15, -0.1) is 0 Å². The van der Waals surface area contributed by atoms with Gasteiger partial charge in [-0.2, -0.15) is 0 Å². The van der Waals surface area contributed by atoms with Gasteiger partial charge in [0.05, 0.1) is 17.2 Å². The normalized spacial score (nSPS) is 18.8. The van der Waals surface area contributed by atoms with E-state index in [-0.39, 0.29) is 17.6 Å². The van der Waals surface area contributed by atoms with Gasteiger partial charge in [-0.3, -0.25) is 9.69 Å². The summed E-state index contributed by atoms with van der Waals surface area (Å²) in [5.74, 6) is 0.0611. The third kappa shape index (κ3) is 4.15. The van der Waals surface area contributed by atoms with Crippen LogP contribution in [-0.2, 0) is 4.74 Å². The van der Waals surface area contributed by atoms with Crippen LogP contribution >= 0.6 is 0 Å². The van der Waals surface area contributed by atoms with E-state index in [1.165, 1.54) is 0 Å². The summed E-state index contributed by atoms with van der Waals surface area (Å²) < 4.78 is 6.72. The molecule has 3 nitrogen and oxygen atoms in total. The average molecular weight is 380 g/mol. The number of hydrogen-bond acceptors (Lipinski definition) is 2. The predicted octanol–water partition coefficient (Wildman–Crippen LogP) is 6.54. The Kier molecular flexibility index (Phi) is 5.95. The highest BCUT2D eigenvalue weighted by atomic mass is 16.5. The summed E-state index contributed by atoms with van der Waals surface area (Å²) in [5.41, 5.74) is 2.00. The fourth-order valence-corrected chi connectivity index (χ4v) is 4.44. The van der Waals surface area contributed by atoms with Crippen molar-refractivity contribution in [2.24, 2.45) is 0 Å². The van der Waals surface area contributed by atoms with E-state index in [1.54, 1.807) is 0 Å². The number of amides is 1. The summed E-state index contributed by atoms with van der Waals surface area (Å²) in [6, 6.07) is 17.8. The van der Waals surface area contributed by atoms with Crippen molar-refractivity contribution >= 4 is 11.6 Å². The molecule has 3 heteroatoms. The largest absolute Gasteiger partial charge is 0.367 e. The zero-order valence-corrected chi connectivity index (χ0v) is 17.9. The van der Waals surface area contributed by atoms with Crippen LogP contribution in [0.1, 0.15) is 82.3 Å². The number of hydrogen-bond donors (Lipinski definition) is 0. The quantitative estimate of drug-likeness (QED) is 0.511. The summed E-state index contributed by atoms with van der Waals surface area (Å²) >= 11 is 0. The van der Waals surface area contributed by atoms with Gasteiger partial charge in [-0.05, 0) is 57.9 Å². The van der Waals surface area contributed by atoms with Gasteiger partial charge in [0.1, 0.15) is 0 Å². The van der Waals surface area contributed by atoms with Gasteiger partial charge in [0.15, 0.2) is 0 Å². The van der Waals surface area contributed by atoms with Crippen molar-refractivity contribution in [3.05, 3.63) is 65.7 Å². The van der Waals surface area contributed by atoms with E-state index in [0.29, 0.717) is 0 Å². The van der Waals surface area contributed by atoms with Crippen LogP contribution in [0.25, 0.3) is 0 Å². The van der Waals surface area contributed by atoms with E-state index < -0.39 is 5.60 Å². The number of fused-ring (bicyclic) bond motifs is 1. The molecule has 1 aliphatic rings. The lowest BCUT2D eigenvalue weighted by Crippen LogP contribution is -2.48. The van der Waals surface area contributed by atoms with Crippen LogP contribution in [0.4, 0.5) is 5.69 Å². The first kappa shape index (κ1) is 20.6. The number of unbranched alkanes of at least 4 members (excludes halogenated alkanes) is 2. The standard InChI is InChI=1S/C25H33NO2/c1-6-7-13-18-25(5,28-24(2,3)4)22-20-16-11-12-17-21(20)23(27)26(22)19-14-9-8-10-15-19/h8-12,14-17,22H,6-7,13,18H2,1-5H3. The molecule has 0 saturated heterocycles. The summed E-state index contributed by atoms with van der Waals surface area (Å²) in [6.45, 7) is 10.7. The van der Waals surface area contributed by atoms with Gasteiger partial charge in [0, 0.05) is 11.3 Å². The number of para-hydroxylation sites is 1. The van der Waals surface area contributed by atoms with E-state index >= 15 is 0 Å². The molecule has 150 valence electrons. The van der Waals surface area contributed by atoms with Crippen LogP contribution in [-0.4, -0.2) is 17.1 Å². The molecule has 2 aromatic carbocycles. The molecule has 1 aliphatic heterocycles. The number of nitrogens with zero attached hydrogens (tertiary/aromatic N) is 1. The minimum absolute atomic E-state index is 0.0611. The maximum Gasteiger partial charge on any atom is 0.259 e. The fourth-order valence-electron chi connectivity index (χ4n) is 4.44. The lowest BCUT2D eigenvalue weighted by atomic mass is 9.84. The molecule has 0 aromatic heterocycles. The molecular formula is C25H33NO2. The Labute approximate surface area is 169 Å². The fraction of sp³-hybridized carbons (Fsp3) is 0.480. The Hall–Kier alpha value is -2.13. The Morgan fingerprint density at radius 3 is 2.21 bits per heavy atom. The number of rotatable bonds is 7. The summed E-state index contributed by atoms with van der Waals surface area (Å²) in [7, 11) is 0. The van der Waals surface area contributed by atoms with E-state index in [1.807, 2.05) is 53.4 Å². The molecule has 0 radical (unpaired) electrons. The maximum absolute atomic E-state index is 13.4. The Balaban J connectivity index is 2.11. The Morgan fingerprint density at radius 1 is 0.929 bits per heavy atom. The molecule has 3 rings (SSSR count). The smallest absolute Gasteiger partial charge is 0.259 e. The van der Waals surface area contributed by atoms with E-state index in [9.17, 15) is 4.79 Å². The minimum Gasteiger partial charge on any atom is -0.367 e. The van der Waals surface area contributed by atoms with Gasteiger partial charge < -0.3 is 4.74 Å². The average Bonchev–Trinajstić information content (AvgIpc) is 2.95. The number of carbonyl (C=O) groups is 1. The molecule has 0 bridgehead atoms. The van der Waals surface area contributed by atoms with Gasteiger partial charge >= 0.3 is 0 Å². The van der Waals surface area contributed by atoms with E-state index in [0.717, 1.165) is 42.5 Å². The minimum atomic E-state index is -0.481. The lowest BCUT2D eigenvalue weighted by Gasteiger charge is -2.44. The number of ether oxygens (including phenoxy) is 1. The van der Waals surface area contributed by atoms with Crippen LogP contribution in [0.2, 0.25) is 0 Å². The SMILES string of the molecule is CCCCCC(C)(OC(C)(C)C)C1c2ccccc2C(=O)N1c1ccccc1. The van der Waals surface area contributed by atoms with Gasteiger partial charge in [-0.1, -0.05) is 62.6 Å². The van der Waals surface area contributed by atoms with E-state index in [2.05, 4.69) is 40.7 Å². The summed E-state index contributed by atoms with van der Waals surface area (Å²) in [6.07, 6.45) is 4.32. The van der Waals surface area contributed by atoms with Crippen LogP contribution in [0.3, 0.4) is 0 Å². The summed E-state index contributed by atoms with van der Waals surface area (Å²) in [4.78, 5) is 15.4. The predicted molar refractivity (Wildman–Crippen MR) is 116 cm³/mol. The van der Waals surface area contributed by atoms with Crippen molar-refractivity contribution in [2.75, 3.05) is 4.90 Å². The molecule has 1 heterocycles. The van der Waals surface area contributed by atoms with Crippen molar-refractivity contribution in [1.82, 2.24) is 0 Å². The van der Waals surface area contributed by atoms with Crippen LogP contribution in [0.5, 0.6) is 0 Å². The van der Waals surface area contributed by atoms with Crippen LogP contribution in [0, 0.1) is 0 Å². The molecule has 28 heavy (non-hydrogen) atoms. The second-order valence-corrected chi connectivity index (χ2v) is 8.98. The molecule has 0 spiro atoms. The van der Waals surface area contributed by atoms with Gasteiger partial charge in [-0.25, -0.2) is 0 Å². The number of carbonyl (C=O) groups excluding carboxylic acids is 1. The molecule has 0 saturated carbocycles. The van der Waals surface area contributed by atoms with Crippen LogP contribution < -0.4 is 4.90 Å². The molecule has 2 aromatic rings. The Morgan fingerprint density at radius 2 is 1.57 bits per heavy atom. The van der Waals surface area contributed by atoms with Crippen molar-refractivity contribution in [2.45, 2.75) is 77.5 Å². The maximum atomic E-state index is 13.4. The third-order valence-electron chi connectivity index (χ3n) is 5.39. The zero-order chi connectivity index (χ0) is 20.4. The first-order valence-electron chi connectivity index (χ1n) is 10.4. The highest BCUT2D eigenvalue weighted by Gasteiger charge is 2.49. The zero-order valence-electron chi connectivity index (χ0n) is 17.9. The van der Waals surface area contributed by atoms with Crippen molar-refractivity contribution < 1.29 is 9.53 Å². The first-order chi connectivity index (χ1) is 13.3. The molecule has 1 amide bonds. The number of benzene rings is 2. The highest BCUT2D eigenvalue weighted by molar-refractivity contribution is 6.11. The number of anilines is 1. The van der Waals surface area contributed by atoms with Gasteiger partial charge in [0.2, 0.25) is 0 Å². The van der Waals surface area contributed by atoms with E-state index in [4.69, 9.17) is 4.74 Å². The van der Waals surface area contributed by atoms with Crippen molar-refractivity contribution in [1.29, 1.82) is 0 Å². The molecule has 0 aliphatic carbocycles. The first-order valence-corrected chi connectivity index (χ1v) is 10.4. The second kappa shape index (κ2) is 8.08.